The lowest BCUT2D eigenvalue weighted by Crippen LogP contribution is -2.42. The van der Waals surface area contributed by atoms with Crippen molar-refractivity contribution in [1.82, 2.24) is 9.97 Å². The third-order valence-corrected chi connectivity index (χ3v) is 5.58. The van der Waals surface area contributed by atoms with Gasteiger partial charge in [0.1, 0.15) is 11.5 Å². The van der Waals surface area contributed by atoms with Crippen molar-refractivity contribution < 1.29 is 27.4 Å². The Morgan fingerprint density at radius 3 is 2.48 bits per heavy atom. The van der Waals surface area contributed by atoms with E-state index in [9.17, 15) is 18.0 Å². The van der Waals surface area contributed by atoms with Gasteiger partial charge in [0.15, 0.2) is 11.5 Å². The summed E-state index contributed by atoms with van der Waals surface area (Å²) in [6.45, 7) is 0.451. The minimum Gasteiger partial charge on any atom is -0.497 e. The van der Waals surface area contributed by atoms with Crippen molar-refractivity contribution in [1.29, 1.82) is 0 Å². The maximum Gasteiger partial charge on any atom is 0.437 e. The van der Waals surface area contributed by atoms with Crippen LogP contribution in [0.15, 0.2) is 42.5 Å². The van der Waals surface area contributed by atoms with E-state index in [1.807, 2.05) is 0 Å². The van der Waals surface area contributed by atoms with Gasteiger partial charge in [0, 0.05) is 19.2 Å². The highest BCUT2D eigenvalue weighted by Gasteiger charge is 2.40. The van der Waals surface area contributed by atoms with Gasteiger partial charge >= 0.3 is 6.18 Å². The third kappa shape index (κ3) is 4.79. The van der Waals surface area contributed by atoms with E-state index in [0.29, 0.717) is 42.1 Å². The summed E-state index contributed by atoms with van der Waals surface area (Å²) in [5, 5.41) is 2.82. The summed E-state index contributed by atoms with van der Waals surface area (Å²) in [6.07, 6.45) is -3.58. The van der Waals surface area contributed by atoms with Gasteiger partial charge in [-0.25, -0.2) is 9.97 Å². The van der Waals surface area contributed by atoms with Crippen LogP contribution in [-0.2, 0) is 11.0 Å². The van der Waals surface area contributed by atoms with E-state index in [1.54, 1.807) is 36.4 Å². The summed E-state index contributed by atoms with van der Waals surface area (Å²) in [6, 6.07) is 11.4. The SMILES string of the molecule is COc1ccc(NC(=O)[C@H]2CCCN(c3nc4ccccc4nc3C(F)(F)F)C2)c(OC)c1. The van der Waals surface area contributed by atoms with Crippen LogP contribution in [0.3, 0.4) is 0 Å². The first kappa shape index (κ1) is 22.6. The second-order valence-corrected chi connectivity index (χ2v) is 7.72. The Bertz CT molecular complexity index is 1170. The Hall–Kier alpha value is -3.56. The molecule has 1 aliphatic rings. The van der Waals surface area contributed by atoms with Crippen molar-refractivity contribution in [3.8, 4) is 11.5 Å². The van der Waals surface area contributed by atoms with Crippen molar-refractivity contribution in [3.63, 3.8) is 0 Å². The Balaban J connectivity index is 1.59. The summed E-state index contributed by atoms with van der Waals surface area (Å²) in [4.78, 5) is 22.6. The summed E-state index contributed by atoms with van der Waals surface area (Å²) in [5.74, 6) is -0.0792. The predicted molar refractivity (Wildman–Crippen MR) is 118 cm³/mol. The molecule has 1 aromatic heterocycles. The first-order valence-electron chi connectivity index (χ1n) is 10.4. The van der Waals surface area contributed by atoms with E-state index >= 15 is 0 Å². The maximum atomic E-state index is 13.8. The molecule has 3 aromatic rings. The molecule has 1 fully saturated rings. The van der Waals surface area contributed by atoms with Crippen LogP contribution >= 0.6 is 0 Å². The monoisotopic (exact) mass is 460 g/mol. The molecule has 0 aliphatic carbocycles. The number of amides is 1. The first-order chi connectivity index (χ1) is 15.8. The largest absolute Gasteiger partial charge is 0.497 e. The standard InChI is InChI=1S/C23H23F3N4O3/c1-32-15-9-10-18(19(12-15)33-2)29-22(31)14-6-5-11-30(13-14)21-20(23(24,25)26)27-16-7-3-4-8-17(16)28-21/h3-4,7-10,12,14H,5-6,11,13H2,1-2H3,(H,29,31)/t14-/m0/s1. The minimum absolute atomic E-state index is 0.0976. The van der Waals surface area contributed by atoms with Gasteiger partial charge in [-0.1, -0.05) is 12.1 Å². The number of para-hydroxylation sites is 2. The first-order valence-corrected chi connectivity index (χ1v) is 10.4. The highest BCUT2D eigenvalue weighted by atomic mass is 19.4. The molecular weight excluding hydrogens is 437 g/mol. The highest BCUT2D eigenvalue weighted by Crippen LogP contribution is 2.37. The number of aromatic nitrogens is 2. The number of rotatable bonds is 5. The van der Waals surface area contributed by atoms with Crippen LogP contribution in [0.1, 0.15) is 18.5 Å². The second kappa shape index (κ2) is 9.13. The maximum absolute atomic E-state index is 13.8. The molecule has 0 bridgehead atoms. The van der Waals surface area contributed by atoms with E-state index in [2.05, 4.69) is 15.3 Å². The second-order valence-electron chi connectivity index (χ2n) is 7.72. The van der Waals surface area contributed by atoms with E-state index in [-0.39, 0.29) is 23.8 Å². The van der Waals surface area contributed by atoms with Crippen molar-refractivity contribution >= 4 is 28.4 Å². The van der Waals surface area contributed by atoms with Crippen molar-refractivity contribution in [2.45, 2.75) is 19.0 Å². The summed E-state index contributed by atoms with van der Waals surface area (Å²) in [7, 11) is 3.00. The number of methoxy groups -OCH3 is 2. The number of alkyl halides is 3. The average Bonchev–Trinajstić information content (AvgIpc) is 2.83. The van der Waals surface area contributed by atoms with Crippen LogP contribution in [0.2, 0.25) is 0 Å². The van der Waals surface area contributed by atoms with Crippen LogP contribution < -0.4 is 19.7 Å². The van der Waals surface area contributed by atoms with Crippen LogP contribution in [0.5, 0.6) is 11.5 Å². The molecule has 4 rings (SSSR count). The fourth-order valence-corrected chi connectivity index (χ4v) is 3.92. The van der Waals surface area contributed by atoms with Crippen LogP contribution in [0.25, 0.3) is 11.0 Å². The number of nitrogens with zero attached hydrogens (tertiary/aromatic N) is 3. The van der Waals surface area contributed by atoms with Gasteiger partial charge in [0.05, 0.1) is 36.9 Å². The van der Waals surface area contributed by atoms with E-state index in [0.717, 1.165) is 0 Å². The molecule has 1 atom stereocenters. The average molecular weight is 460 g/mol. The van der Waals surface area contributed by atoms with Gasteiger partial charge in [-0.2, -0.15) is 13.2 Å². The number of hydrogen-bond acceptors (Lipinski definition) is 6. The molecule has 0 unspecified atom stereocenters. The Morgan fingerprint density at radius 1 is 1.09 bits per heavy atom. The van der Waals surface area contributed by atoms with Crippen LogP contribution in [0, 0.1) is 5.92 Å². The Kier molecular flexibility index (Phi) is 6.26. The predicted octanol–water partition coefficient (Wildman–Crippen LogP) is 4.52. The summed E-state index contributed by atoms with van der Waals surface area (Å²) >= 11 is 0. The molecule has 2 aromatic carbocycles. The zero-order valence-corrected chi connectivity index (χ0v) is 18.1. The van der Waals surface area contributed by atoms with Gasteiger partial charge < -0.3 is 19.7 Å². The lowest BCUT2D eigenvalue weighted by atomic mass is 9.96. The molecule has 0 saturated carbocycles. The zero-order chi connectivity index (χ0) is 23.6. The lowest BCUT2D eigenvalue weighted by Gasteiger charge is -2.34. The molecule has 0 radical (unpaired) electrons. The zero-order valence-electron chi connectivity index (χ0n) is 18.1. The van der Waals surface area contributed by atoms with Crippen LogP contribution in [0.4, 0.5) is 24.7 Å². The number of hydrogen-bond donors (Lipinski definition) is 1. The third-order valence-electron chi connectivity index (χ3n) is 5.58. The topological polar surface area (TPSA) is 76.6 Å². The molecule has 1 aliphatic heterocycles. The number of benzene rings is 2. The molecule has 2 heterocycles. The number of nitrogens with one attached hydrogen (secondary N) is 1. The number of fused-ring (bicyclic) bond motifs is 1. The molecule has 10 heteroatoms. The molecule has 174 valence electrons. The van der Waals surface area contributed by atoms with E-state index in [4.69, 9.17) is 9.47 Å². The normalized spacial score (nSPS) is 16.5. The highest BCUT2D eigenvalue weighted by molar-refractivity contribution is 5.94. The molecule has 1 amide bonds. The lowest BCUT2D eigenvalue weighted by molar-refractivity contribution is -0.140. The molecule has 0 spiro atoms. The fourth-order valence-electron chi connectivity index (χ4n) is 3.92. The quantitative estimate of drug-likeness (QED) is 0.603. The number of carbonyl (C=O) groups excluding carboxylic acids is 1. The minimum atomic E-state index is -4.67. The van der Waals surface area contributed by atoms with Crippen molar-refractivity contribution in [3.05, 3.63) is 48.2 Å². The number of anilines is 2. The fraction of sp³-hybridized carbons (Fsp3) is 0.348. The molecular formula is C23H23F3N4O3. The van der Waals surface area contributed by atoms with Gasteiger partial charge in [-0.3, -0.25) is 4.79 Å². The number of halogens is 3. The van der Waals surface area contributed by atoms with Crippen LogP contribution in [-0.4, -0.2) is 43.2 Å². The Morgan fingerprint density at radius 2 is 1.82 bits per heavy atom. The number of piperidine rings is 1. The van der Waals surface area contributed by atoms with Crippen molar-refractivity contribution in [2.75, 3.05) is 37.5 Å². The summed E-state index contributed by atoms with van der Waals surface area (Å²) in [5.41, 5.74) is -0.0393. The van der Waals surface area contributed by atoms with Gasteiger partial charge in [-0.05, 0) is 37.1 Å². The molecule has 1 N–H and O–H groups in total. The molecule has 33 heavy (non-hydrogen) atoms. The van der Waals surface area contributed by atoms with Crippen molar-refractivity contribution in [2.24, 2.45) is 5.92 Å². The van der Waals surface area contributed by atoms with Gasteiger partial charge in [0.25, 0.3) is 0 Å². The number of ether oxygens (including phenoxy) is 2. The molecule has 1 saturated heterocycles. The smallest absolute Gasteiger partial charge is 0.437 e. The van der Waals surface area contributed by atoms with E-state index in [1.165, 1.54) is 25.2 Å². The summed E-state index contributed by atoms with van der Waals surface area (Å²) < 4.78 is 51.8. The van der Waals surface area contributed by atoms with E-state index < -0.39 is 17.8 Å². The Labute approximate surface area is 188 Å². The molecule has 7 nitrogen and oxygen atoms in total. The number of carbonyl (C=O) groups is 1. The van der Waals surface area contributed by atoms with Gasteiger partial charge in [0.2, 0.25) is 5.91 Å². The van der Waals surface area contributed by atoms with Gasteiger partial charge in [-0.15, -0.1) is 0 Å².